The molecular formula is C16H16ClN7O3S. The number of primary sulfonamides is 1. The van der Waals surface area contributed by atoms with Crippen molar-refractivity contribution in [3.63, 3.8) is 0 Å². The smallest absolute Gasteiger partial charge is 0.295 e. The second kappa shape index (κ2) is 7.08. The van der Waals surface area contributed by atoms with Gasteiger partial charge in [0, 0.05) is 12.2 Å². The predicted molar refractivity (Wildman–Crippen MR) is 102 cm³/mol. The van der Waals surface area contributed by atoms with Gasteiger partial charge in [0.05, 0.1) is 18.4 Å². The maximum Gasteiger partial charge on any atom is 0.295 e. The van der Waals surface area contributed by atoms with Crippen molar-refractivity contribution in [1.82, 2.24) is 24.5 Å². The molecule has 0 amide bonds. The molecule has 1 fully saturated rings. The first-order valence-electron chi connectivity index (χ1n) is 8.49. The molecule has 0 aromatic carbocycles. The second-order valence-corrected chi connectivity index (χ2v) is 8.35. The van der Waals surface area contributed by atoms with Crippen LogP contribution in [0.15, 0.2) is 34.2 Å². The normalized spacial score (nSPS) is 14.8. The molecule has 3 aromatic rings. The number of pyridine rings is 1. The van der Waals surface area contributed by atoms with Crippen molar-refractivity contribution < 1.29 is 8.42 Å². The first kappa shape index (κ1) is 18.7. The molecule has 1 aliphatic carbocycles. The number of hydrogen-bond donors (Lipinski definition) is 2. The van der Waals surface area contributed by atoms with E-state index in [9.17, 15) is 13.2 Å². The number of hydrogen-bond acceptors (Lipinski definition) is 8. The van der Waals surface area contributed by atoms with Crippen LogP contribution in [0.3, 0.4) is 0 Å². The lowest BCUT2D eigenvalue weighted by molar-refractivity contribution is 0.313. The van der Waals surface area contributed by atoms with Crippen molar-refractivity contribution in [3.8, 4) is 0 Å². The van der Waals surface area contributed by atoms with Crippen molar-refractivity contribution in [2.24, 2.45) is 5.14 Å². The van der Waals surface area contributed by atoms with Gasteiger partial charge in [-0.15, -0.1) is 0 Å². The van der Waals surface area contributed by atoms with Gasteiger partial charge in [-0.2, -0.15) is 4.98 Å². The number of halogens is 1. The Bertz CT molecular complexity index is 1210. The number of rotatable bonds is 5. The highest BCUT2D eigenvalue weighted by Crippen LogP contribution is 2.32. The average molecular weight is 422 g/mol. The third-order valence-corrected chi connectivity index (χ3v) is 5.69. The highest BCUT2D eigenvalue weighted by Gasteiger charge is 2.25. The monoisotopic (exact) mass is 421 g/mol. The lowest BCUT2D eigenvalue weighted by Gasteiger charge is -2.28. The Kier molecular flexibility index (Phi) is 4.73. The van der Waals surface area contributed by atoms with Crippen LogP contribution in [0.4, 0.5) is 5.82 Å². The Morgan fingerprint density at radius 2 is 2.00 bits per heavy atom. The fourth-order valence-electron chi connectivity index (χ4n) is 2.94. The van der Waals surface area contributed by atoms with E-state index < -0.39 is 10.0 Å². The van der Waals surface area contributed by atoms with Crippen LogP contribution in [0.5, 0.6) is 0 Å². The summed E-state index contributed by atoms with van der Waals surface area (Å²) in [6.45, 7) is 0.178. The Balaban J connectivity index is 1.66. The molecule has 3 heterocycles. The fraction of sp³-hybridized carbons (Fsp3) is 0.312. The van der Waals surface area contributed by atoms with Crippen molar-refractivity contribution in [2.75, 3.05) is 5.32 Å². The maximum absolute atomic E-state index is 13.0. The molecule has 0 aliphatic heterocycles. The molecule has 4 rings (SSSR count). The SMILES string of the molecule is NS(=O)(=O)c1ccc(CNc2nc3cnc(Cl)nc3n(C3CCC3)c2=O)nc1. The number of aromatic nitrogens is 5. The minimum absolute atomic E-state index is 0.0525. The highest BCUT2D eigenvalue weighted by molar-refractivity contribution is 7.89. The Morgan fingerprint density at radius 3 is 2.61 bits per heavy atom. The van der Waals surface area contributed by atoms with Gasteiger partial charge in [0.25, 0.3) is 5.56 Å². The second-order valence-electron chi connectivity index (χ2n) is 6.45. The van der Waals surface area contributed by atoms with E-state index in [-0.39, 0.29) is 34.1 Å². The highest BCUT2D eigenvalue weighted by atomic mass is 35.5. The molecular weight excluding hydrogens is 406 g/mol. The van der Waals surface area contributed by atoms with Crippen LogP contribution < -0.4 is 16.0 Å². The van der Waals surface area contributed by atoms with Crippen LogP contribution in [-0.4, -0.2) is 32.9 Å². The molecule has 10 nitrogen and oxygen atoms in total. The van der Waals surface area contributed by atoms with Crippen molar-refractivity contribution in [2.45, 2.75) is 36.7 Å². The topological polar surface area (TPSA) is 146 Å². The summed E-state index contributed by atoms with van der Waals surface area (Å²) < 4.78 is 24.2. The fourth-order valence-corrected chi connectivity index (χ4v) is 3.52. The molecule has 1 saturated carbocycles. The number of nitrogens with zero attached hydrogens (tertiary/aromatic N) is 5. The van der Waals surface area contributed by atoms with Crippen molar-refractivity contribution in [1.29, 1.82) is 0 Å². The molecule has 1 aliphatic rings. The number of sulfonamides is 1. The number of nitrogens with one attached hydrogen (secondary N) is 1. The zero-order chi connectivity index (χ0) is 19.9. The van der Waals surface area contributed by atoms with Gasteiger partial charge in [0.2, 0.25) is 15.3 Å². The van der Waals surface area contributed by atoms with Gasteiger partial charge in [0.1, 0.15) is 10.4 Å². The standard InChI is InChI=1S/C16H16ClN7O3S/c17-16-21-8-12-14(23-16)24(10-2-1-3-10)15(25)13(22-12)20-6-9-4-5-11(7-19-9)28(18,26)27/h4-5,7-8,10H,1-3,6H2,(H,20,22)(H2,18,26,27). The molecule has 0 radical (unpaired) electrons. The summed E-state index contributed by atoms with van der Waals surface area (Å²) in [5.41, 5.74) is 1.09. The molecule has 3 N–H and O–H groups in total. The van der Waals surface area contributed by atoms with E-state index in [2.05, 4.69) is 25.3 Å². The molecule has 0 saturated heterocycles. The van der Waals surface area contributed by atoms with Gasteiger partial charge >= 0.3 is 0 Å². The summed E-state index contributed by atoms with van der Waals surface area (Å²) in [6, 6.07) is 2.92. The predicted octanol–water partition coefficient (Wildman–Crippen LogP) is 1.22. The molecule has 0 bridgehead atoms. The summed E-state index contributed by atoms with van der Waals surface area (Å²) >= 11 is 5.89. The van der Waals surface area contributed by atoms with Crippen LogP contribution in [0, 0.1) is 0 Å². The van der Waals surface area contributed by atoms with E-state index in [1.54, 1.807) is 4.57 Å². The van der Waals surface area contributed by atoms with E-state index in [1.165, 1.54) is 24.5 Å². The Labute approximate surface area is 164 Å². The Morgan fingerprint density at radius 1 is 1.21 bits per heavy atom. The van der Waals surface area contributed by atoms with Crippen molar-refractivity contribution >= 4 is 38.6 Å². The number of anilines is 1. The quantitative estimate of drug-likeness (QED) is 0.584. The van der Waals surface area contributed by atoms with Gasteiger partial charge in [-0.3, -0.25) is 14.3 Å². The zero-order valence-corrected chi connectivity index (χ0v) is 16.1. The summed E-state index contributed by atoms with van der Waals surface area (Å²) in [5.74, 6) is 0.141. The molecule has 12 heteroatoms. The Hall–Kier alpha value is -2.63. The minimum atomic E-state index is -3.81. The molecule has 146 valence electrons. The van der Waals surface area contributed by atoms with Crippen LogP contribution in [0.25, 0.3) is 11.2 Å². The van der Waals surface area contributed by atoms with E-state index in [0.29, 0.717) is 16.9 Å². The van der Waals surface area contributed by atoms with E-state index in [4.69, 9.17) is 16.7 Å². The first-order chi connectivity index (χ1) is 13.3. The summed E-state index contributed by atoms with van der Waals surface area (Å²) in [4.78, 5) is 29.4. The molecule has 0 unspecified atom stereocenters. The van der Waals surface area contributed by atoms with E-state index in [0.717, 1.165) is 19.3 Å². The van der Waals surface area contributed by atoms with Crippen LogP contribution >= 0.6 is 11.6 Å². The van der Waals surface area contributed by atoms with Gasteiger partial charge < -0.3 is 5.32 Å². The van der Waals surface area contributed by atoms with Crippen LogP contribution in [-0.2, 0) is 16.6 Å². The van der Waals surface area contributed by atoms with E-state index in [1.807, 2.05) is 0 Å². The summed E-state index contributed by atoms with van der Waals surface area (Å²) in [5, 5.41) is 8.08. The first-order valence-corrected chi connectivity index (χ1v) is 10.4. The van der Waals surface area contributed by atoms with Crippen LogP contribution in [0.2, 0.25) is 5.28 Å². The van der Waals surface area contributed by atoms with Gasteiger partial charge in [0.15, 0.2) is 11.5 Å². The maximum atomic E-state index is 13.0. The number of fused-ring (bicyclic) bond motifs is 1. The molecule has 0 atom stereocenters. The third-order valence-electron chi connectivity index (χ3n) is 4.61. The zero-order valence-electron chi connectivity index (χ0n) is 14.5. The average Bonchev–Trinajstić information content (AvgIpc) is 2.61. The van der Waals surface area contributed by atoms with Crippen molar-refractivity contribution in [3.05, 3.63) is 45.9 Å². The van der Waals surface area contributed by atoms with Gasteiger partial charge in [-0.25, -0.2) is 23.5 Å². The number of nitrogens with two attached hydrogens (primary N) is 1. The van der Waals surface area contributed by atoms with Crippen LogP contribution in [0.1, 0.15) is 31.0 Å². The summed E-state index contributed by atoms with van der Waals surface area (Å²) in [7, 11) is -3.81. The lowest BCUT2D eigenvalue weighted by atomic mass is 9.93. The van der Waals surface area contributed by atoms with E-state index >= 15 is 0 Å². The lowest BCUT2D eigenvalue weighted by Crippen LogP contribution is -2.32. The summed E-state index contributed by atoms with van der Waals surface area (Å²) in [6.07, 6.45) is 5.46. The van der Waals surface area contributed by atoms with Gasteiger partial charge in [-0.1, -0.05) is 0 Å². The largest absolute Gasteiger partial charge is 0.360 e. The molecule has 3 aromatic heterocycles. The molecule has 28 heavy (non-hydrogen) atoms. The third kappa shape index (κ3) is 3.55. The molecule has 0 spiro atoms. The minimum Gasteiger partial charge on any atom is -0.360 e. The van der Waals surface area contributed by atoms with Gasteiger partial charge in [-0.05, 0) is 43.0 Å².